The van der Waals surface area contributed by atoms with Crippen molar-refractivity contribution in [1.29, 1.82) is 0 Å². The van der Waals surface area contributed by atoms with E-state index in [0.717, 1.165) is 44.1 Å². The van der Waals surface area contributed by atoms with Gasteiger partial charge in [-0.2, -0.15) is 0 Å². The number of allylic oxidation sites excluding steroid dienone is 1. The van der Waals surface area contributed by atoms with Crippen molar-refractivity contribution >= 4 is 99.2 Å². The molecule has 22 nitrogen and oxygen atoms in total. The van der Waals surface area contributed by atoms with E-state index in [-0.39, 0.29) is 74.1 Å². The lowest BCUT2D eigenvalue weighted by Crippen LogP contribution is -2.63. The second-order valence-electron chi connectivity index (χ2n) is 27.8. The van der Waals surface area contributed by atoms with E-state index in [4.69, 9.17) is 11.6 Å². The summed E-state index contributed by atoms with van der Waals surface area (Å²) in [5, 5.41) is 11.7. The average Bonchev–Trinajstić information content (AvgIpc) is 3.19. The van der Waals surface area contributed by atoms with E-state index in [2.05, 4.69) is 43.9 Å². The summed E-state index contributed by atoms with van der Waals surface area (Å²) < 4.78 is 0.352. The van der Waals surface area contributed by atoms with Crippen molar-refractivity contribution in [1.82, 2.24) is 55.6 Å². The first-order chi connectivity index (χ1) is 41.5. The van der Waals surface area contributed by atoms with Gasteiger partial charge >= 0.3 is 0 Å². The van der Waals surface area contributed by atoms with Gasteiger partial charge in [-0.05, 0) is 141 Å². The van der Waals surface area contributed by atoms with Crippen molar-refractivity contribution in [2.45, 2.75) is 242 Å². The number of likely N-dealkylation sites (N-methyl/N-ethyl adjacent to an activating group) is 6. The number of hydrogen-bond acceptors (Lipinski definition) is 11. The zero-order chi connectivity index (χ0) is 67.1. The molecule has 2 saturated carbocycles. The molecule has 0 spiro atoms. The zero-order valence-electron chi connectivity index (χ0n) is 56.5. The third-order valence-corrected chi connectivity index (χ3v) is 20.6. The van der Waals surface area contributed by atoms with Crippen molar-refractivity contribution in [3.63, 3.8) is 0 Å². The van der Waals surface area contributed by atoms with Gasteiger partial charge in [0.2, 0.25) is 65.0 Å². The fourth-order valence-electron chi connectivity index (χ4n) is 12.4. The summed E-state index contributed by atoms with van der Waals surface area (Å²) in [6.07, 6.45) is 9.83. The van der Waals surface area contributed by atoms with E-state index in [1.165, 1.54) is 69.5 Å². The van der Waals surface area contributed by atoms with Crippen LogP contribution >= 0.6 is 34.2 Å². The molecular formula is C65H109ClIN11O11. The van der Waals surface area contributed by atoms with Crippen LogP contribution in [0, 0.1) is 29.6 Å². The number of halogens is 2. The molecule has 504 valence electrons. The maximum Gasteiger partial charge on any atom is 0.246 e. The number of amides is 11. The van der Waals surface area contributed by atoms with Crippen LogP contribution in [0.3, 0.4) is 0 Å². The molecule has 11 atom stereocenters. The Morgan fingerprint density at radius 2 is 1.25 bits per heavy atom. The highest BCUT2D eigenvalue weighted by Crippen LogP contribution is 2.34. The quantitative estimate of drug-likeness (QED) is 0.105. The minimum absolute atomic E-state index is 0.0150. The lowest BCUT2D eigenvalue weighted by molar-refractivity contribution is -0.158. The standard InChI is InChI=1S/C65H109ClIN11O11/c1-18-41(8)56-63(88)73(13)37-55(81)78-29-28-50(78)62(87)76(16)52(35-43-23-25-45(66)26-24-43)61(86)72(12)36-53(79)68-48(34-44-20-19-21-46(67)33-44)57(82)69-47(27-22-38(2)3)60(85)77(17)65(10,11)64(89)70-49(30-39(4)5)59(84)74(14)42(9)32-54(80)75(15)51(31-40(6)7)58(83)71-56/h22,39-52,56H,18-21,23-37H2,1-17H3,(H,68,79)(H,69,82)(H,70,89)(H,71,83)/t41-,42+,43?,44?,45?,46?,47-,48-,49-,50-,51-,52-,56-/m0/s1. The van der Waals surface area contributed by atoms with Gasteiger partial charge in [-0.3, -0.25) is 52.7 Å². The lowest BCUT2D eigenvalue weighted by atomic mass is 9.83. The van der Waals surface area contributed by atoms with Crippen molar-refractivity contribution in [2.75, 3.05) is 61.9 Å². The molecule has 0 aromatic heterocycles. The average molecular weight is 1380 g/mol. The number of nitrogens with one attached hydrogen (secondary N) is 4. The van der Waals surface area contributed by atoms with Crippen LogP contribution in [0.1, 0.15) is 179 Å². The Hall–Kier alpha value is -5.07. The molecule has 2 aliphatic heterocycles. The number of hydrogen-bond donors (Lipinski definition) is 4. The molecule has 0 bridgehead atoms. The summed E-state index contributed by atoms with van der Waals surface area (Å²) in [5.74, 6) is -6.58. The molecule has 4 aliphatic rings. The Kier molecular flexibility index (Phi) is 29.7. The molecule has 4 fully saturated rings. The molecule has 4 rings (SSSR count). The minimum Gasteiger partial charge on any atom is -0.343 e. The van der Waals surface area contributed by atoms with Crippen LogP contribution in [-0.2, 0) is 52.7 Å². The highest BCUT2D eigenvalue weighted by molar-refractivity contribution is 14.1. The Balaban J connectivity index is 1.82. The van der Waals surface area contributed by atoms with Crippen LogP contribution in [0.4, 0.5) is 0 Å². The molecule has 0 radical (unpaired) electrons. The lowest BCUT2D eigenvalue weighted by Gasteiger charge is -2.44. The molecule has 89 heavy (non-hydrogen) atoms. The van der Waals surface area contributed by atoms with Gasteiger partial charge in [0, 0.05) is 70.6 Å². The van der Waals surface area contributed by atoms with Crippen molar-refractivity contribution in [3.05, 3.63) is 11.6 Å². The van der Waals surface area contributed by atoms with Crippen LogP contribution in [-0.4, -0.2) is 224 Å². The number of alkyl halides is 2. The van der Waals surface area contributed by atoms with Gasteiger partial charge in [-0.15, -0.1) is 11.6 Å². The summed E-state index contributed by atoms with van der Waals surface area (Å²) in [6, 6.07) is -8.29. The van der Waals surface area contributed by atoms with Gasteiger partial charge in [-0.25, -0.2) is 0 Å². The van der Waals surface area contributed by atoms with E-state index in [1.807, 2.05) is 55.4 Å². The van der Waals surface area contributed by atoms with Gasteiger partial charge in [-0.1, -0.05) is 95.0 Å². The largest absolute Gasteiger partial charge is 0.343 e. The second-order valence-corrected chi connectivity index (χ2v) is 30.2. The van der Waals surface area contributed by atoms with Crippen molar-refractivity contribution in [3.8, 4) is 0 Å². The maximum absolute atomic E-state index is 14.9. The van der Waals surface area contributed by atoms with E-state index in [9.17, 15) is 52.7 Å². The van der Waals surface area contributed by atoms with Crippen LogP contribution in [0.25, 0.3) is 0 Å². The van der Waals surface area contributed by atoms with Crippen molar-refractivity contribution in [2.24, 2.45) is 29.6 Å². The first kappa shape index (κ1) is 76.4. The zero-order valence-corrected chi connectivity index (χ0v) is 59.5. The molecule has 2 heterocycles. The normalized spacial score (nSPS) is 30.3. The van der Waals surface area contributed by atoms with E-state index in [1.54, 1.807) is 33.9 Å². The summed E-state index contributed by atoms with van der Waals surface area (Å²) >= 11 is 8.94. The summed E-state index contributed by atoms with van der Waals surface area (Å²) in [4.78, 5) is 170. The molecule has 2 aliphatic carbocycles. The number of carbonyl (C=O) groups is 11. The highest BCUT2D eigenvalue weighted by atomic mass is 127. The predicted octanol–water partition coefficient (Wildman–Crippen LogP) is 5.65. The number of rotatable bonds is 12. The van der Waals surface area contributed by atoms with E-state index >= 15 is 0 Å². The maximum atomic E-state index is 14.9. The van der Waals surface area contributed by atoms with Crippen LogP contribution in [0.15, 0.2) is 11.6 Å². The smallest absolute Gasteiger partial charge is 0.246 e. The number of carbonyl (C=O) groups excluding carboxylic acids is 11. The van der Waals surface area contributed by atoms with E-state index < -0.39 is 138 Å². The predicted molar refractivity (Wildman–Crippen MR) is 353 cm³/mol. The number of nitrogens with zero attached hydrogens (tertiary/aromatic N) is 7. The first-order valence-electron chi connectivity index (χ1n) is 32.5. The molecule has 11 amide bonds. The molecule has 24 heteroatoms. The van der Waals surface area contributed by atoms with Gasteiger partial charge in [0.25, 0.3) is 0 Å². The van der Waals surface area contributed by atoms with Crippen LogP contribution in [0.2, 0.25) is 0 Å². The fraction of sp³-hybridized carbons (Fsp3) is 0.800. The van der Waals surface area contributed by atoms with Gasteiger partial charge in [0.05, 0.1) is 13.1 Å². The third kappa shape index (κ3) is 21.5. The summed E-state index contributed by atoms with van der Waals surface area (Å²) in [5.41, 5.74) is -0.735. The Morgan fingerprint density at radius 1 is 0.629 bits per heavy atom. The monoisotopic (exact) mass is 1380 g/mol. The minimum atomic E-state index is -1.60. The van der Waals surface area contributed by atoms with Gasteiger partial charge in [0.15, 0.2) is 0 Å². The molecule has 2 saturated heterocycles. The number of fused-ring (bicyclic) bond motifs is 1. The van der Waals surface area contributed by atoms with Gasteiger partial charge in [0.1, 0.15) is 47.8 Å². The fourth-order valence-corrected chi connectivity index (χ4v) is 13.8. The van der Waals surface area contributed by atoms with E-state index in [0.29, 0.717) is 29.6 Å². The Labute approximate surface area is 549 Å². The summed E-state index contributed by atoms with van der Waals surface area (Å²) in [7, 11) is 8.97. The molecule has 0 aromatic rings. The second kappa shape index (κ2) is 34.6. The van der Waals surface area contributed by atoms with Crippen LogP contribution < -0.4 is 21.3 Å². The highest BCUT2D eigenvalue weighted by Gasteiger charge is 2.46. The van der Waals surface area contributed by atoms with Crippen molar-refractivity contribution < 1.29 is 52.7 Å². The Morgan fingerprint density at radius 3 is 1.81 bits per heavy atom. The van der Waals surface area contributed by atoms with Crippen LogP contribution in [0.5, 0.6) is 0 Å². The summed E-state index contributed by atoms with van der Waals surface area (Å²) in [6.45, 7) is 19.1. The molecule has 0 aromatic carbocycles. The SMILES string of the molecule is CC[C@H](C)[C@@H]1NC(=O)[C@H](CC(C)C)N(C)C(=O)C[C@@H](C)N(C)C(=O)[C@H](CC(C)C)NC(=O)C(C)(C)N(C)C(=O)[C@H](CC=C(C)C)NC(=O)[C@H](CC2CCCC(I)C2)NC(=O)CN(C)C(=O)[C@H](CC2CCC(Cl)CC2)N(C)C(=O)[C@@H]2CCN2C(=O)CN(C)C1=O. The first-order valence-corrected chi connectivity index (χ1v) is 34.2. The van der Waals surface area contributed by atoms with Gasteiger partial charge < -0.3 is 55.6 Å². The molecule has 2 unspecified atom stereocenters. The molecular weight excluding hydrogens is 1270 g/mol. The Bertz CT molecular complexity index is 2540. The topological polar surface area (TPSA) is 259 Å². The third-order valence-electron chi connectivity index (χ3n) is 19.0. The molecule has 4 N–H and O–H groups in total.